The van der Waals surface area contributed by atoms with Crippen molar-refractivity contribution in [1.82, 2.24) is 14.9 Å². The maximum atomic E-state index is 14.2. The Morgan fingerprint density at radius 1 is 1.33 bits per heavy atom. The number of nitrogens with one attached hydrogen (secondary N) is 1. The second kappa shape index (κ2) is 6.76. The van der Waals surface area contributed by atoms with E-state index in [1.165, 1.54) is 12.4 Å². The molecule has 1 aliphatic carbocycles. The number of hydrogen-bond acceptors (Lipinski definition) is 5. The first-order valence-electron chi connectivity index (χ1n) is 8.81. The number of halogens is 4. The first-order chi connectivity index (χ1) is 14.1. The lowest BCUT2D eigenvalue weighted by molar-refractivity contribution is -0.137. The molecule has 0 radical (unpaired) electrons. The molecule has 30 heavy (non-hydrogen) atoms. The average molecular weight is 419 g/mol. The largest absolute Gasteiger partial charge is 0.416 e. The Morgan fingerprint density at radius 2 is 2.00 bits per heavy atom. The van der Waals surface area contributed by atoms with Crippen molar-refractivity contribution >= 4 is 17.8 Å². The Kier molecular flexibility index (Phi) is 4.45. The van der Waals surface area contributed by atoms with Gasteiger partial charge >= 0.3 is 6.18 Å². The summed E-state index contributed by atoms with van der Waals surface area (Å²) >= 11 is 0. The molecule has 154 valence electrons. The Morgan fingerprint density at radius 3 is 2.57 bits per heavy atom. The van der Waals surface area contributed by atoms with E-state index in [4.69, 9.17) is 5.26 Å². The number of hydrogen-bond donors (Lipinski definition) is 1. The van der Waals surface area contributed by atoms with E-state index in [1.807, 2.05) is 6.07 Å². The van der Waals surface area contributed by atoms with Crippen molar-refractivity contribution in [3.63, 3.8) is 0 Å². The molecule has 1 N–H and O–H groups in total. The number of nitriles is 1. The lowest BCUT2D eigenvalue weighted by Gasteiger charge is -2.34. The van der Waals surface area contributed by atoms with Gasteiger partial charge in [0.2, 0.25) is 11.9 Å². The van der Waals surface area contributed by atoms with Crippen LogP contribution in [0.15, 0.2) is 30.6 Å². The molecule has 0 saturated heterocycles. The zero-order valence-electron chi connectivity index (χ0n) is 15.2. The summed E-state index contributed by atoms with van der Waals surface area (Å²) in [5.74, 6) is -1.39. The smallest absolute Gasteiger partial charge is 0.328 e. The molecule has 11 heteroatoms. The molecule has 1 aromatic heterocycles. The van der Waals surface area contributed by atoms with Crippen LogP contribution in [0, 0.1) is 11.3 Å². The Bertz CT molecular complexity index is 1080. The van der Waals surface area contributed by atoms with E-state index in [-0.39, 0.29) is 35.6 Å². The van der Waals surface area contributed by atoms with Gasteiger partial charge in [0.05, 0.1) is 23.5 Å². The highest BCUT2D eigenvalue weighted by molar-refractivity contribution is 6.01. The van der Waals surface area contributed by atoms with Gasteiger partial charge in [0.25, 0.3) is 5.91 Å². The third-order valence-corrected chi connectivity index (χ3v) is 5.22. The number of anilines is 1. The molecule has 4 rings (SSSR count). The number of alkyl halides is 4. The number of carbonyl (C=O) groups excluding carboxylic acids is 2. The Labute approximate surface area is 167 Å². The van der Waals surface area contributed by atoms with Crippen molar-refractivity contribution in [2.24, 2.45) is 0 Å². The fourth-order valence-corrected chi connectivity index (χ4v) is 3.61. The van der Waals surface area contributed by atoms with Crippen molar-refractivity contribution in [2.75, 3.05) is 18.4 Å². The van der Waals surface area contributed by atoms with Gasteiger partial charge in [0, 0.05) is 17.5 Å². The van der Waals surface area contributed by atoms with E-state index in [9.17, 15) is 27.2 Å². The molecular weight excluding hydrogens is 406 g/mol. The van der Waals surface area contributed by atoms with Crippen LogP contribution in [-0.2, 0) is 16.4 Å². The molecule has 2 aliphatic rings. The standard InChI is InChI=1S/C19H13F4N5O2/c20-14-4-18(14)9-28(8-15(29)27-17-25-6-10(5-24)7-26-17)16(30)12-2-1-11(3-13(12)18)19(21,22)23/h1-3,6-7,14H,4,8-9H2,(H,25,26,27,29)/t14-,18+/m1/s1. The van der Waals surface area contributed by atoms with E-state index in [2.05, 4.69) is 15.3 Å². The number of aromatic nitrogens is 2. The van der Waals surface area contributed by atoms with Crippen LogP contribution < -0.4 is 5.32 Å². The van der Waals surface area contributed by atoms with Crippen molar-refractivity contribution < 1.29 is 27.2 Å². The number of nitrogens with zero attached hydrogens (tertiary/aromatic N) is 4. The summed E-state index contributed by atoms with van der Waals surface area (Å²) < 4.78 is 53.4. The molecular formula is C19H13F4N5O2. The van der Waals surface area contributed by atoms with Gasteiger partial charge < -0.3 is 4.90 Å². The van der Waals surface area contributed by atoms with E-state index in [0.717, 1.165) is 23.1 Å². The molecule has 2 amide bonds. The number of benzene rings is 1. The highest BCUT2D eigenvalue weighted by Gasteiger charge is 2.61. The lowest BCUT2D eigenvalue weighted by Crippen LogP contribution is -2.47. The molecule has 1 aliphatic heterocycles. The van der Waals surface area contributed by atoms with Crippen LogP contribution in [0.5, 0.6) is 0 Å². The van der Waals surface area contributed by atoms with E-state index < -0.39 is 41.7 Å². The monoisotopic (exact) mass is 419 g/mol. The summed E-state index contributed by atoms with van der Waals surface area (Å²) in [6, 6.07) is 4.45. The van der Waals surface area contributed by atoms with Crippen LogP contribution in [-0.4, -0.2) is 45.9 Å². The number of fused-ring (bicyclic) bond motifs is 2. The van der Waals surface area contributed by atoms with Gasteiger partial charge in [0.15, 0.2) is 0 Å². The van der Waals surface area contributed by atoms with Gasteiger partial charge in [-0.15, -0.1) is 0 Å². The van der Waals surface area contributed by atoms with Crippen LogP contribution >= 0.6 is 0 Å². The Hall–Kier alpha value is -3.55. The molecule has 0 unspecified atom stereocenters. The van der Waals surface area contributed by atoms with Crippen LogP contribution in [0.4, 0.5) is 23.5 Å². The second-order valence-electron chi connectivity index (χ2n) is 7.20. The third kappa shape index (κ3) is 3.34. The first-order valence-corrected chi connectivity index (χ1v) is 8.81. The lowest BCUT2D eigenvalue weighted by atomic mass is 9.85. The minimum atomic E-state index is -4.61. The van der Waals surface area contributed by atoms with E-state index in [1.54, 1.807) is 0 Å². The fourth-order valence-electron chi connectivity index (χ4n) is 3.61. The number of amides is 2. The van der Waals surface area contributed by atoms with Crippen LogP contribution in [0.1, 0.15) is 33.5 Å². The maximum absolute atomic E-state index is 14.2. The summed E-state index contributed by atoms with van der Waals surface area (Å²) in [6.45, 7) is -0.653. The fraction of sp³-hybridized carbons (Fsp3) is 0.316. The topological polar surface area (TPSA) is 99.0 Å². The van der Waals surface area contributed by atoms with Gasteiger partial charge in [-0.1, -0.05) is 0 Å². The van der Waals surface area contributed by atoms with Crippen molar-refractivity contribution in [3.8, 4) is 6.07 Å². The number of rotatable bonds is 3. The van der Waals surface area contributed by atoms with Crippen molar-refractivity contribution in [1.29, 1.82) is 5.26 Å². The summed E-state index contributed by atoms with van der Waals surface area (Å²) in [5.41, 5.74) is -2.01. The van der Waals surface area contributed by atoms with Gasteiger partial charge in [-0.2, -0.15) is 18.4 Å². The first kappa shape index (κ1) is 19.8. The van der Waals surface area contributed by atoms with Gasteiger partial charge in [-0.05, 0) is 30.2 Å². The molecule has 2 aromatic rings. The maximum Gasteiger partial charge on any atom is 0.416 e. The van der Waals surface area contributed by atoms with Crippen LogP contribution in [0.2, 0.25) is 0 Å². The highest BCUT2D eigenvalue weighted by Crippen LogP contribution is 2.55. The summed E-state index contributed by atoms with van der Waals surface area (Å²) in [5, 5.41) is 11.1. The predicted molar refractivity (Wildman–Crippen MR) is 93.9 cm³/mol. The molecule has 1 spiro atoms. The normalized spacial score (nSPS) is 22.4. The molecule has 0 bridgehead atoms. The second-order valence-corrected chi connectivity index (χ2v) is 7.20. The molecule has 7 nitrogen and oxygen atoms in total. The summed E-state index contributed by atoms with van der Waals surface area (Å²) in [7, 11) is 0. The van der Waals surface area contributed by atoms with Crippen LogP contribution in [0.3, 0.4) is 0 Å². The van der Waals surface area contributed by atoms with Crippen LogP contribution in [0.25, 0.3) is 0 Å². The Balaban J connectivity index is 1.56. The molecule has 2 heterocycles. The average Bonchev–Trinajstić information content (AvgIpc) is 3.35. The van der Waals surface area contributed by atoms with Gasteiger partial charge in [-0.25, -0.2) is 14.4 Å². The predicted octanol–water partition coefficient (Wildman–Crippen LogP) is 2.44. The van der Waals surface area contributed by atoms with Gasteiger partial charge in [-0.3, -0.25) is 14.9 Å². The van der Waals surface area contributed by atoms with Crippen molar-refractivity contribution in [3.05, 3.63) is 52.8 Å². The minimum Gasteiger partial charge on any atom is -0.328 e. The summed E-state index contributed by atoms with van der Waals surface area (Å²) in [6.07, 6.45) is -3.63. The molecule has 1 saturated carbocycles. The van der Waals surface area contributed by atoms with Gasteiger partial charge in [0.1, 0.15) is 18.8 Å². The molecule has 1 aromatic carbocycles. The zero-order chi connectivity index (χ0) is 21.7. The third-order valence-electron chi connectivity index (χ3n) is 5.22. The van der Waals surface area contributed by atoms with E-state index >= 15 is 0 Å². The number of carbonyl (C=O) groups is 2. The minimum absolute atomic E-state index is 0.0224. The zero-order valence-corrected chi connectivity index (χ0v) is 15.2. The van der Waals surface area contributed by atoms with E-state index in [0.29, 0.717) is 0 Å². The summed E-state index contributed by atoms with van der Waals surface area (Å²) in [4.78, 5) is 33.7. The molecule has 1 fully saturated rings. The SMILES string of the molecule is N#Cc1cnc(NC(=O)CN2C[C@@]3(C[C@H]3F)c3cc(C(F)(F)F)ccc3C2=O)nc1. The van der Waals surface area contributed by atoms with Crippen molar-refractivity contribution in [2.45, 2.75) is 24.2 Å². The highest BCUT2D eigenvalue weighted by atomic mass is 19.4. The molecule has 2 atom stereocenters. The quantitative estimate of drug-likeness (QED) is 0.771.